The zero-order chi connectivity index (χ0) is 15.5. The number of rotatable bonds is 3. The van der Waals surface area contributed by atoms with Gasteiger partial charge in [0.05, 0.1) is 5.35 Å². The van der Waals surface area contributed by atoms with E-state index in [2.05, 4.69) is 65.6 Å². The average Bonchev–Trinajstić information content (AvgIpc) is 2.97. The van der Waals surface area contributed by atoms with Crippen LogP contribution >= 0.6 is 0 Å². The maximum absolute atomic E-state index is 4.48. The molecule has 0 aliphatic carbocycles. The number of hydrogen-bond donors (Lipinski definition) is 0. The molecule has 22 heavy (non-hydrogen) atoms. The summed E-state index contributed by atoms with van der Waals surface area (Å²) in [6, 6.07) is 8.49. The third kappa shape index (κ3) is 2.67. The standard InChI is InChI=1S/C19H21N3/c1-4-14(2)9-10-17-15(3)19(21-13-20-17)22-12-11-16-7-5-6-8-18(16)22/h5-10,13H,3-4,11-12H2,1-2H3. The van der Waals surface area contributed by atoms with Crippen molar-refractivity contribution in [1.29, 1.82) is 0 Å². The van der Waals surface area contributed by atoms with E-state index < -0.39 is 0 Å². The molecule has 0 unspecified atom stereocenters. The quantitative estimate of drug-likeness (QED) is 0.870. The van der Waals surface area contributed by atoms with Crippen molar-refractivity contribution < 1.29 is 0 Å². The zero-order valence-electron chi connectivity index (χ0n) is 13.2. The highest BCUT2D eigenvalue weighted by Gasteiger charge is 2.21. The van der Waals surface area contributed by atoms with E-state index in [1.165, 1.54) is 16.8 Å². The summed E-state index contributed by atoms with van der Waals surface area (Å²) in [5.41, 5.74) is 3.93. The molecule has 0 N–H and O–H groups in total. The van der Waals surface area contributed by atoms with E-state index in [1.54, 1.807) is 6.33 Å². The third-order valence-electron chi connectivity index (χ3n) is 4.18. The third-order valence-corrected chi connectivity index (χ3v) is 4.18. The summed E-state index contributed by atoms with van der Waals surface area (Å²) in [5, 5.41) is 1.78. The Balaban J connectivity index is 2.06. The maximum atomic E-state index is 4.48. The van der Waals surface area contributed by atoms with E-state index in [1.807, 2.05) is 6.08 Å². The van der Waals surface area contributed by atoms with Gasteiger partial charge in [-0.2, -0.15) is 0 Å². The van der Waals surface area contributed by atoms with Gasteiger partial charge in [0.15, 0.2) is 0 Å². The van der Waals surface area contributed by atoms with E-state index in [0.717, 1.165) is 35.8 Å². The minimum Gasteiger partial charge on any atom is -0.325 e. The smallest absolute Gasteiger partial charge is 0.143 e. The van der Waals surface area contributed by atoms with Gasteiger partial charge >= 0.3 is 0 Å². The van der Waals surface area contributed by atoms with Gasteiger partial charge in [0, 0.05) is 17.5 Å². The number of hydrogen-bond acceptors (Lipinski definition) is 3. The van der Waals surface area contributed by atoms with E-state index >= 15 is 0 Å². The maximum Gasteiger partial charge on any atom is 0.143 e. The number of fused-ring (bicyclic) bond motifs is 1. The SMILES string of the molecule is C=c1c(N2CCc3ccccc32)ncnc1=CC=C(C)CC. The van der Waals surface area contributed by atoms with Crippen LogP contribution in [-0.2, 0) is 6.42 Å². The van der Waals surface area contributed by atoms with Crippen LogP contribution in [0.25, 0.3) is 12.7 Å². The van der Waals surface area contributed by atoms with Gasteiger partial charge in [0.2, 0.25) is 0 Å². The summed E-state index contributed by atoms with van der Waals surface area (Å²) in [7, 11) is 0. The molecule has 3 nitrogen and oxygen atoms in total. The van der Waals surface area contributed by atoms with Crippen molar-refractivity contribution in [2.45, 2.75) is 26.7 Å². The molecule has 0 spiro atoms. The van der Waals surface area contributed by atoms with Crippen LogP contribution in [0.4, 0.5) is 11.5 Å². The fourth-order valence-corrected chi connectivity index (χ4v) is 2.69. The first-order valence-electron chi connectivity index (χ1n) is 7.73. The Morgan fingerprint density at radius 2 is 2.14 bits per heavy atom. The lowest BCUT2D eigenvalue weighted by molar-refractivity contribution is 0.950. The summed E-state index contributed by atoms with van der Waals surface area (Å²) in [6.45, 7) is 9.43. The summed E-state index contributed by atoms with van der Waals surface area (Å²) in [5.74, 6) is 0.911. The fraction of sp³-hybridized carbons (Fsp3) is 0.263. The minimum atomic E-state index is 0.888. The lowest BCUT2D eigenvalue weighted by Gasteiger charge is -2.18. The summed E-state index contributed by atoms with van der Waals surface area (Å²) >= 11 is 0. The Morgan fingerprint density at radius 1 is 1.32 bits per heavy atom. The first-order valence-corrected chi connectivity index (χ1v) is 7.73. The molecule has 3 heteroatoms. The van der Waals surface area contributed by atoms with Crippen LogP contribution in [-0.4, -0.2) is 16.5 Å². The minimum absolute atomic E-state index is 0.888. The van der Waals surface area contributed by atoms with Crippen molar-refractivity contribution in [3.8, 4) is 0 Å². The van der Waals surface area contributed by atoms with Gasteiger partial charge in [-0.05, 0) is 37.5 Å². The second-order valence-electron chi connectivity index (χ2n) is 5.62. The highest BCUT2D eigenvalue weighted by molar-refractivity contribution is 5.67. The molecule has 0 saturated carbocycles. The molecular weight excluding hydrogens is 270 g/mol. The van der Waals surface area contributed by atoms with E-state index in [9.17, 15) is 0 Å². The molecule has 3 rings (SSSR count). The molecule has 2 heterocycles. The largest absolute Gasteiger partial charge is 0.325 e. The highest BCUT2D eigenvalue weighted by Crippen LogP contribution is 2.31. The van der Waals surface area contributed by atoms with Gasteiger partial charge in [-0.3, -0.25) is 0 Å². The first kappa shape index (κ1) is 14.5. The first-order chi connectivity index (χ1) is 10.7. The van der Waals surface area contributed by atoms with Crippen LogP contribution in [0.3, 0.4) is 0 Å². The Morgan fingerprint density at radius 3 is 2.95 bits per heavy atom. The number of anilines is 2. The molecule has 0 bridgehead atoms. The van der Waals surface area contributed by atoms with Gasteiger partial charge in [-0.1, -0.05) is 43.4 Å². The summed E-state index contributed by atoms with van der Waals surface area (Å²) in [6.07, 6.45) is 7.87. The van der Waals surface area contributed by atoms with Crippen LogP contribution in [0, 0.1) is 0 Å². The van der Waals surface area contributed by atoms with E-state index in [4.69, 9.17) is 0 Å². The Kier molecular flexibility index (Phi) is 4.05. The molecule has 0 atom stereocenters. The predicted octanol–water partition coefficient (Wildman–Crippen LogP) is 2.72. The van der Waals surface area contributed by atoms with E-state index in [0.29, 0.717) is 0 Å². The molecule has 0 fully saturated rings. The van der Waals surface area contributed by atoms with E-state index in [-0.39, 0.29) is 0 Å². The molecule has 1 aliphatic rings. The van der Waals surface area contributed by atoms with Crippen molar-refractivity contribution in [3.63, 3.8) is 0 Å². The van der Waals surface area contributed by atoms with Crippen molar-refractivity contribution in [2.75, 3.05) is 11.4 Å². The van der Waals surface area contributed by atoms with Crippen LogP contribution in [0.5, 0.6) is 0 Å². The average molecular weight is 291 g/mol. The highest BCUT2D eigenvalue weighted by atomic mass is 15.2. The molecule has 1 aliphatic heterocycles. The lowest BCUT2D eigenvalue weighted by atomic mass is 10.2. The summed E-state index contributed by atoms with van der Waals surface area (Å²) in [4.78, 5) is 11.1. The molecule has 0 saturated heterocycles. The van der Waals surface area contributed by atoms with Crippen molar-refractivity contribution in [1.82, 2.24) is 9.97 Å². The molecular formula is C19H21N3. The van der Waals surface area contributed by atoms with Gasteiger partial charge in [0.25, 0.3) is 0 Å². The molecule has 112 valence electrons. The molecule has 0 radical (unpaired) electrons. The van der Waals surface area contributed by atoms with Crippen molar-refractivity contribution in [2.24, 2.45) is 0 Å². The Hall–Kier alpha value is -2.42. The van der Waals surface area contributed by atoms with Crippen molar-refractivity contribution in [3.05, 3.63) is 58.4 Å². The van der Waals surface area contributed by atoms with Gasteiger partial charge < -0.3 is 4.90 Å². The second kappa shape index (κ2) is 6.14. The van der Waals surface area contributed by atoms with Crippen LogP contribution in [0.2, 0.25) is 0 Å². The van der Waals surface area contributed by atoms with Crippen LogP contribution in [0.1, 0.15) is 25.8 Å². The summed E-state index contributed by atoms with van der Waals surface area (Å²) < 4.78 is 0. The normalized spacial score (nSPS) is 15.3. The monoisotopic (exact) mass is 291 g/mol. The van der Waals surface area contributed by atoms with Gasteiger partial charge in [-0.25, -0.2) is 9.97 Å². The number of allylic oxidation sites excluding steroid dienone is 2. The van der Waals surface area contributed by atoms with Crippen LogP contribution in [0.15, 0.2) is 42.2 Å². The number of nitrogens with zero attached hydrogens (tertiary/aromatic N) is 3. The van der Waals surface area contributed by atoms with Crippen molar-refractivity contribution >= 4 is 24.2 Å². The lowest BCUT2D eigenvalue weighted by Crippen LogP contribution is -2.34. The topological polar surface area (TPSA) is 29.0 Å². The number of aromatic nitrogens is 2. The molecule has 1 aromatic heterocycles. The number of benzene rings is 1. The Labute approximate surface area is 131 Å². The van der Waals surface area contributed by atoms with Crippen LogP contribution < -0.4 is 15.5 Å². The molecule has 0 amide bonds. The molecule has 2 aromatic rings. The van der Waals surface area contributed by atoms with Gasteiger partial charge in [0.1, 0.15) is 12.1 Å². The van der Waals surface area contributed by atoms with Gasteiger partial charge in [-0.15, -0.1) is 0 Å². The Bertz CT molecular complexity index is 821. The second-order valence-corrected chi connectivity index (χ2v) is 5.62. The number of para-hydroxylation sites is 1. The zero-order valence-corrected chi connectivity index (χ0v) is 13.2. The fourth-order valence-electron chi connectivity index (χ4n) is 2.69. The molecule has 1 aromatic carbocycles. The predicted molar refractivity (Wildman–Crippen MR) is 92.5 cm³/mol.